The van der Waals surface area contributed by atoms with Crippen LogP contribution in [0.25, 0.3) is 0 Å². The van der Waals surface area contributed by atoms with Crippen molar-refractivity contribution in [1.29, 1.82) is 0 Å². The molecule has 0 unspecified atom stereocenters. The number of hydrogen-bond acceptors (Lipinski definition) is 6. The van der Waals surface area contributed by atoms with Crippen molar-refractivity contribution in [3.8, 4) is 11.5 Å². The smallest absolute Gasteiger partial charge is 0.343 e. The Morgan fingerprint density at radius 2 is 1.81 bits per heavy atom. The van der Waals surface area contributed by atoms with Crippen LogP contribution < -0.4 is 25.4 Å². The van der Waals surface area contributed by atoms with Gasteiger partial charge in [-0.15, -0.1) is 0 Å². The molecule has 0 radical (unpaired) electrons. The number of nitrogens with one attached hydrogen (secondary N) is 3. The van der Waals surface area contributed by atoms with Gasteiger partial charge in [-0.2, -0.15) is 0 Å². The molecule has 168 valence electrons. The fourth-order valence-electron chi connectivity index (χ4n) is 3.25. The summed E-state index contributed by atoms with van der Waals surface area (Å²) in [6.07, 6.45) is 0. The van der Waals surface area contributed by atoms with Crippen LogP contribution in [0.5, 0.6) is 11.5 Å². The molecule has 0 spiro atoms. The number of para-hydroxylation sites is 1. The topological polar surface area (TPSA) is 115 Å². The van der Waals surface area contributed by atoms with Crippen molar-refractivity contribution in [3.05, 3.63) is 65.4 Å². The van der Waals surface area contributed by atoms with Gasteiger partial charge in [-0.1, -0.05) is 24.3 Å². The highest BCUT2D eigenvalue weighted by atomic mass is 16.6. The molecule has 0 aromatic heterocycles. The highest BCUT2D eigenvalue weighted by Crippen LogP contribution is 2.35. The molecule has 9 heteroatoms. The van der Waals surface area contributed by atoms with Gasteiger partial charge in [-0.25, -0.2) is 9.59 Å². The van der Waals surface area contributed by atoms with E-state index in [-0.39, 0.29) is 12.5 Å². The number of anilines is 1. The molecule has 1 aliphatic heterocycles. The zero-order valence-corrected chi connectivity index (χ0v) is 18.1. The summed E-state index contributed by atoms with van der Waals surface area (Å²) in [6.45, 7) is 3.56. The number of hydrogen-bond donors (Lipinski definition) is 3. The van der Waals surface area contributed by atoms with Crippen LogP contribution in [0.3, 0.4) is 0 Å². The summed E-state index contributed by atoms with van der Waals surface area (Å²) in [5.41, 5.74) is 2.05. The van der Waals surface area contributed by atoms with Crippen LogP contribution >= 0.6 is 0 Å². The van der Waals surface area contributed by atoms with E-state index < -0.39 is 18.0 Å². The number of methoxy groups -OCH3 is 1. The minimum absolute atomic E-state index is 0.274. The summed E-state index contributed by atoms with van der Waals surface area (Å²) in [5, 5.41) is 8.29. The molecule has 32 heavy (non-hydrogen) atoms. The van der Waals surface area contributed by atoms with E-state index in [0.29, 0.717) is 40.6 Å². The van der Waals surface area contributed by atoms with Gasteiger partial charge in [0.05, 0.1) is 25.3 Å². The molecule has 3 rings (SSSR count). The maximum atomic E-state index is 13.1. The molecule has 0 saturated heterocycles. The van der Waals surface area contributed by atoms with E-state index in [1.807, 2.05) is 25.1 Å². The second-order valence-corrected chi connectivity index (χ2v) is 6.89. The number of carbonyl (C=O) groups is 3. The number of urea groups is 1. The molecule has 1 heterocycles. The fourth-order valence-corrected chi connectivity index (χ4v) is 3.25. The van der Waals surface area contributed by atoms with Gasteiger partial charge in [0.25, 0.3) is 5.91 Å². The lowest BCUT2D eigenvalue weighted by molar-refractivity contribution is -0.142. The monoisotopic (exact) mass is 439 g/mol. The minimum Gasteiger partial charge on any atom is -0.490 e. The van der Waals surface area contributed by atoms with E-state index in [2.05, 4.69) is 20.7 Å². The molecule has 2 aromatic rings. The molecule has 2 aromatic carbocycles. The maximum Gasteiger partial charge on any atom is 0.343 e. The quantitative estimate of drug-likeness (QED) is 0.545. The molecule has 3 amide bonds. The van der Waals surface area contributed by atoms with Crippen LogP contribution in [0, 0.1) is 0 Å². The fraction of sp³-hybridized carbons (Fsp3) is 0.261. The molecule has 0 saturated carbocycles. The zero-order chi connectivity index (χ0) is 23.1. The third-order valence-corrected chi connectivity index (χ3v) is 4.72. The van der Waals surface area contributed by atoms with Gasteiger partial charge in [0.2, 0.25) is 0 Å². The lowest BCUT2D eigenvalue weighted by atomic mass is 9.94. The van der Waals surface area contributed by atoms with Crippen molar-refractivity contribution < 1.29 is 28.6 Å². The summed E-state index contributed by atoms with van der Waals surface area (Å²) >= 11 is 0. The van der Waals surface area contributed by atoms with Crippen LogP contribution in [-0.4, -0.2) is 38.2 Å². The number of carbonyl (C=O) groups excluding carboxylic acids is 3. The SMILES string of the molecule is CCOc1cc([C@@H]2NC(=O)NC(C)=C2C(=O)Nc2ccccc2)ccc1OCC(=O)OC. The Labute approximate surface area is 185 Å². The molecular formula is C23H25N3O6. The van der Waals surface area contributed by atoms with Gasteiger partial charge in [0.1, 0.15) is 0 Å². The standard InChI is InChI=1S/C23H25N3O6/c1-4-31-18-12-15(10-11-17(18)32-13-19(27)30-3)21-20(14(2)24-23(29)26-21)22(28)25-16-8-6-5-7-9-16/h5-12,21H,4,13H2,1-3H3,(H,25,28)(H2,24,26,29)/t21-/m0/s1. The van der Waals surface area contributed by atoms with Crippen molar-refractivity contribution in [2.75, 3.05) is 25.6 Å². The Morgan fingerprint density at radius 3 is 2.50 bits per heavy atom. The van der Waals surface area contributed by atoms with Crippen molar-refractivity contribution >= 4 is 23.6 Å². The summed E-state index contributed by atoms with van der Waals surface area (Å²) in [6, 6.07) is 12.9. The first-order valence-corrected chi connectivity index (χ1v) is 10.0. The highest BCUT2D eigenvalue weighted by Gasteiger charge is 2.32. The minimum atomic E-state index is -0.721. The molecule has 0 bridgehead atoms. The third-order valence-electron chi connectivity index (χ3n) is 4.72. The zero-order valence-electron chi connectivity index (χ0n) is 18.1. The van der Waals surface area contributed by atoms with E-state index in [4.69, 9.17) is 9.47 Å². The molecule has 1 aliphatic rings. The van der Waals surface area contributed by atoms with E-state index in [9.17, 15) is 14.4 Å². The van der Waals surface area contributed by atoms with Crippen LogP contribution in [0.15, 0.2) is 59.8 Å². The Hall–Kier alpha value is -4.01. The van der Waals surface area contributed by atoms with Crippen LogP contribution in [0.4, 0.5) is 10.5 Å². The van der Waals surface area contributed by atoms with Gasteiger partial charge in [-0.3, -0.25) is 4.79 Å². The predicted molar refractivity (Wildman–Crippen MR) is 117 cm³/mol. The molecular weight excluding hydrogens is 414 g/mol. The lowest BCUT2D eigenvalue weighted by Gasteiger charge is -2.29. The first-order chi connectivity index (χ1) is 15.4. The Bertz CT molecular complexity index is 1040. The first-order valence-electron chi connectivity index (χ1n) is 10.0. The van der Waals surface area contributed by atoms with Gasteiger partial charge in [-0.05, 0) is 43.7 Å². The van der Waals surface area contributed by atoms with Gasteiger partial charge in [0, 0.05) is 11.4 Å². The van der Waals surface area contributed by atoms with Crippen molar-refractivity contribution in [2.45, 2.75) is 19.9 Å². The molecule has 0 aliphatic carbocycles. The number of allylic oxidation sites excluding steroid dienone is 1. The van der Waals surface area contributed by atoms with Crippen LogP contribution in [0.1, 0.15) is 25.5 Å². The van der Waals surface area contributed by atoms with Crippen LogP contribution in [0.2, 0.25) is 0 Å². The van der Waals surface area contributed by atoms with Crippen molar-refractivity contribution in [3.63, 3.8) is 0 Å². The average Bonchev–Trinajstić information content (AvgIpc) is 2.78. The summed E-state index contributed by atoms with van der Waals surface area (Å²) in [4.78, 5) is 36.7. The van der Waals surface area contributed by atoms with Crippen molar-refractivity contribution in [2.24, 2.45) is 0 Å². The summed E-state index contributed by atoms with van der Waals surface area (Å²) in [7, 11) is 1.27. The van der Waals surface area contributed by atoms with E-state index in [0.717, 1.165) is 0 Å². The van der Waals surface area contributed by atoms with Gasteiger partial charge < -0.3 is 30.2 Å². The van der Waals surface area contributed by atoms with E-state index in [1.54, 1.807) is 37.3 Å². The molecule has 1 atom stereocenters. The number of amides is 3. The first kappa shape index (κ1) is 22.7. The Balaban J connectivity index is 1.92. The second kappa shape index (κ2) is 10.3. The average molecular weight is 439 g/mol. The largest absolute Gasteiger partial charge is 0.490 e. The van der Waals surface area contributed by atoms with E-state index >= 15 is 0 Å². The maximum absolute atomic E-state index is 13.1. The highest BCUT2D eigenvalue weighted by molar-refractivity contribution is 6.06. The Morgan fingerprint density at radius 1 is 1.06 bits per heavy atom. The van der Waals surface area contributed by atoms with Crippen LogP contribution in [-0.2, 0) is 14.3 Å². The summed E-state index contributed by atoms with van der Waals surface area (Å²) in [5.74, 6) is -0.157. The predicted octanol–water partition coefficient (Wildman–Crippen LogP) is 2.90. The van der Waals surface area contributed by atoms with Gasteiger partial charge >= 0.3 is 12.0 Å². The normalized spacial score (nSPS) is 15.3. The van der Waals surface area contributed by atoms with Gasteiger partial charge in [0.15, 0.2) is 18.1 Å². The number of rotatable bonds is 8. The number of benzene rings is 2. The number of esters is 1. The molecule has 0 fully saturated rings. The van der Waals surface area contributed by atoms with E-state index in [1.165, 1.54) is 7.11 Å². The Kier molecular flexibility index (Phi) is 7.33. The second-order valence-electron chi connectivity index (χ2n) is 6.89. The summed E-state index contributed by atoms with van der Waals surface area (Å²) < 4.78 is 15.7. The number of ether oxygens (including phenoxy) is 3. The van der Waals surface area contributed by atoms with Crippen molar-refractivity contribution in [1.82, 2.24) is 10.6 Å². The lowest BCUT2D eigenvalue weighted by Crippen LogP contribution is -2.46. The molecule has 3 N–H and O–H groups in total. The third kappa shape index (κ3) is 5.37. The molecule has 9 nitrogen and oxygen atoms in total.